The average Bonchev–Trinajstić information content (AvgIpc) is 2.55. The van der Waals surface area contributed by atoms with E-state index in [1.807, 2.05) is 30.2 Å². The van der Waals surface area contributed by atoms with Gasteiger partial charge in [-0.1, -0.05) is 18.2 Å². The highest BCUT2D eigenvalue weighted by molar-refractivity contribution is 5.19. The summed E-state index contributed by atoms with van der Waals surface area (Å²) in [4.78, 5) is 6.12. The molecule has 6 nitrogen and oxygen atoms in total. The van der Waals surface area contributed by atoms with Crippen molar-refractivity contribution in [2.75, 3.05) is 40.0 Å². The van der Waals surface area contributed by atoms with Crippen LogP contribution in [-0.2, 0) is 14.3 Å². The second-order valence-electron chi connectivity index (χ2n) is 6.02. The van der Waals surface area contributed by atoms with Crippen LogP contribution in [0, 0.1) is 6.07 Å². The number of hydroxylamine groups is 2. The van der Waals surface area contributed by atoms with E-state index in [1.54, 1.807) is 13.2 Å². The number of benzene rings is 1. The first-order chi connectivity index (χ1) is 11.0. The van der Waals surface area contributed by atoms with Crippen molar-refractivity contribution in [1.82, 2.24) is 10.4 Å². The minimum absolute atomic E-state index is 0.109. The van der Waals surface area contributed by atoms with Gasteiger partial charge in [-0.3, -0.25) is 0 Å². The summed E-state index contributed by atoms with van der Waals surface area (Å²) in [5, 5.41) is 5.26. The number of hydrogen-bond donors (Lipinski definition) is 1. The smallest absolute Gasteiger partial charge is 0.335 e. The lowest BCUT2D eigenvalue weighted by Crippen LogP contribution is -2.62. The van der Waals surface area contributed by atoms with E-state index in [4.69, 9.17) is 19.0 Å². The zero-order valence-corrected chi connectivity index (χ0v) is 14.4. The maximum atomic E-state index is 6.12. The van der Waals surface area contributed by atoms with Crippen LogP contribution in [0.4, 0.5) is 0 Å². The van der Waals surface area contributed by atoms with Gasteiger partial charge in [-0.05, 0) is 26.8 Å². The van der Waals surface area contributed by atoms with Gasteiger partial charge < -0.3 is 19.5 Å². The van der Waals surface area contributed by atoms with Crippen molar-refractivity contribution >= 4 is 0 Å². The van der Waals surface area contributed by atoms with E-state index in [9.17, 15) is 0 Å². The molecule has 2 rings (SSSR count). The number of para-hydroxylation sites is 1. The number of rotatable bonds is 8. The average molecular weight is 323 g/mol. The Labute approximate surface area is 138 Å². The van der Waals surface area contributed by atoms with Crippen LogP contribution in [0.15, 0.2) is 24.3 Å². The molecule has 1 unspecified atom stereocenters. The van der Waals surface area contributed by atoms with Crippen LogP contribution < -0.4 is 10.1 Å². The first-order valence-electron chi connectivity index (χ1n) is 7.97. The number of methoxy groups -OCH3 is 1. The van der Waals surface area contributed by atoms with Crippen molar-refractivity contribution in [2.45, 2.75) is 32.3 Å². The van der Waals surface area contributed by atoms with Crippen molar-refractivity contribution < 1.29 is 19.0 Å². The predicted octanol–water partition coefficient (Wildman–Crippen LogP) is 1.82. The number of piperazine rings is 1. The van der Waals surface area contributed by atoms with Gasteiger partial charge in [-0.2, -0.15) is 5.06 Å². The third-order valence-corrected chi connectivity index (χ3v) is 3.73. The molecule has 0 saturated carbocycles. The lowest BCUT2D eigenvalue weighted by molar-refractivity contribution is -0.461. The van der Waals surface area contributed by atoms with Gasteiger partial charge in [0.25, 0.3) is 0 Å². The van der Waals surface area contributed by atoms with E-state index in [2.05, 4.69) is 25.2 Å². The molecule has 0 aromatic heterocycles. The molecule has 1 saturated heterocycles. The van der Waals surface area contributed by atoms with E-state index < -0.39 is 5.97 Å². The number of nitrogens with one attached hydrogen (secondary N) is 1. The molecule has 1 fully saturated rings. The normalized spacial score (nSPS) is 20.9. The summed E-state index contributed by atoms with van der Waals surface area (Å²) in [5.41, 5.74) is -0.169. The molecule has 1 aliphatic heterocycles. The summed E-state index contributed by atoms with van der Waals surface area (Å²) >= 11 is 0. The SMILES string of the molecule is CCOC(COc1[c]cccc1)(OC)ON1CCNCC1(C)C. The number of nitrogens with zero attached hydrogens (tertiary/aromatic N) is 1. The first kappa shape index (κ1) is 18.2. The molecule has 0 amide bonds. The van der Waals surface area contributed by atoms with Crippen LogP contribution in [0.25, 0.3) is 0 Å². The van der Waals surface area contributed by atoms with Crippen molar-refractivity contribution in [3.05, 3.63) is 30.3 Å². The van der Waals surface area contributed by atoms with Crippen molar-refractivity contribution in [3.8, 4) is 5.75 Å². The highest BCUT2D eigenvalue weighted by Crippen LogP contribution is 2.25. The van der Waals surface area contributed by atoms with Gasteiger partial charge in [0.2, 0.25) is 0 Å². The van der Waals surface area contributed by atoms with Crippen LogP contribution in [0.5, 0.6) is 5.75 Å². The Kier molecular flexibility index (Phi) is 6.38. The monoisotopic (exact) mass is 323 g/mol. The second-order valence-corrected chi connectivity index (χ2v) is 6.02. The molecule has 1 aliphatic rings. The standard InChI is InChI=1S/C17H27N2O4/c1-5-22-17(20-4,14-21-15-9-7-6-8-10-15)23-19-12-11-18-13-16(19,2)3/h6-9,18H,5,11-14H2,1-4H3. The topological polar surface area (TPSA) is 52.2 Å². The van der Waals surface area contributed by atoms with Gasteiger partial charge in [-0.15, -0.1) is 0 Å². The van der Waals surface area contributed by atoms with E-state index in [-0.39, 0.29) is 12.1 Å². The Morgan fingerprint density at radius 2 is 2.22 bits per heavy atom. The molecule has 1 N–H and O–H groups in total. The Morgan fingerprint density at radius 3 is 2.83 bits per heavy atom. The highest BCUT2D eigenvalue weighted by Gasteiger charge is 2.42. The molecule has 1 radical (unpaired) electrons. The van der Waals surface area contributed by atoms with Crippen LogP contribution in [-0.4, -0.2) is 56.5 Å². The third kappa shape index (κ3) is 4.89. The largest absolute Gasteiger partial charge is 0.484 e. The lowest BCUT2D eigenvalue weighted by Gasteiger charge is -2.45. The van der Waals surface area contributed by atoms with Gasteiger partial charge in [0.05, 0.1) is 5.54 Å². The van der Waals surface area contributed by atoms with Gasteiger partial charge in [0.1, 0.15) is 5.75 Å². The van der Waals surface area contributed by atoms with E-state index >= 15 is 0 Å². The second kappa shape index (κ2) is 8.08. The van der Waals surface area contributed by atoms with Gasteiger partial charge in [-0.25, -0.2) is 4.84 Å². The fraction of sp³-hybridized carbons (Fsp3) is 0.647. The van der Waals surface area contributed by atoms with E-state index in [0.717, 1.165) is 19.6 Å². The minimum atomic E-state index is -1.28. The predicted molar refractivity (Wildman–Crippen MR) is 86.9 cm³/mol. The molecule has 0 aliphatic carbocycles. The summed E-state index contributed by atoms with van der Waals surface area (Å²) in [6.45, 7) is 9.08. The van der Waals surface area contributed by atoms with E-state index in [0.29, 0.717) is 12.4 Å². The maximum absolute atomic E-state index is 6.12. The zero-order chi connectivity index (χ0) is 16.8. The summed E-state index contributed by atoms with van der Waals surface area (Å²) in [6, 6.07) is 10.4. The molecule has 0 bridgehead atoms. The number of ether oxygens (including phenoxy) is 3. The van der Waals surface area contributed by atoms with Crippen molar-refractivity contribution in [2.24, 2.45) is 0 Å². The van der Waals surface area contributed by atoms with Crippen molar-refractivity contribution in [1.29, 1.82) is 0 Å². The lowest BCUT2D eigenvalue weighted by atomic mass is 10.0. The summed E-state index contributed by atoms with van der Waals surface area (Å²) in [6.07, 6.45) is 0. The molecule has 23 heavy (non-hydrogen) atoms. The van der Waals surface area contributed by atoms with Crippen LogP contribution in [0.3, 0.4) is 0 Å². The molecule has 1 atom stereocenters. The Hall–Kier alpha value is -1.18. The minimum Gasteiger partial charge on any atom is -0.484 e. The molecule has 0 spiro atoms. The maximum Gasteiger partial charge on any atom is 0.335 e. The Balaban J connectivity index is 2.07. The third-order valence-electron chi connectivity index (χ3n) is 3.73. The molecule has 129 valence electrons. The highest BCUT2D eigenvalue weighted by atomic mass is 16.9. The zero-order valence-electron chi connectivity index (χ0n) is 14.4. The van der Waals surface area contributed by atoms with Crippen LogP contribution in [0.1, 0.15) is 20.8 Å². The molecular weight excluding hydrogens is 296 g/mol. The molecule has 1 aromatic carbocycles. The molecule has 6 heteroatoms. The summed E-state index contributed by atoms with van der Waals surface area (Å²) < 4.78 is 17.1. The van der Waals surface area contributed by atoms with Crippen LogP contribution in [0.2, 0.25) is 0 Å². The first-order valence-corrected chi connectivity index (χ1v) is 7.97. The fourth-order valence-electron chi connectivity index (χ4n) is 2.41. The quantitative estimate of drug-likeness (QED) is 0.737. The summed E-state index contributed by atoms with van der Waals surface area (Å²) in [7, 11) is 1.56. The Morgan fingerprint density at radius 1 is 1.39 bits per heavy atom. The van der Waals surface area contributed by atoms with Gasteiger partial charge in [0.15, 0.2) is 6.61 Å². The van der Waals surface area contributed by atoms with Gasteiger partial charge >= 0.3 is 5.97 Å². The van der Waals surface area contributed by atoms with Crippen molar-refractivity contribution in [3.63, 3.8) is 0 Å². The molecule has 1 heterocycles. The molecular formula is C17H27N2O4. The number of hydrogen-bond acceptors (Lipinski definition) is 6. The molecule has 1 aromatic rings. The fourth-order valence-corrected chi connectivity index (χ4v) is 2.41. The Bertz CT molecular complexity index is 469. The van der Waals surface area contributed by atoms with Crippen LogP contribution >= 0.6 is 0 Å². The van der Waals surface area contributed by atoms with Gasteiger partial charge in [0, 0.05) is 39.4 Å². The van der Waals surface area contributed by atoms with E-state index in [1.165, 1.54) is 0 Å². The summed E-state index contributed by atoms with van der Waals surface area (Å²) in [5.74, 6) is -0.663.